The van der Waals surface area contributed by atoms with Gasteiger partial charge in [0.05, 0.1) is 5.56 Å². The van der Waals surface area contributed by atoms with Crippen molar-refractivity contribution in [1.29, 1.82) is 0 Å². The normalized spacial score (nSPS) is 11.5. The summed E-state index contributed by atoms with van der Waals surface area (Å²) in [6, 6.07) is 6.09. The summed E-state index contributed by atoms with van der Waals surface area (Å²) in [5, 5.41) is 8.84. The van der Waals surface area contributed by atoms with Crippen LogP contribution in [0.25, 0.3) is 0 Å². The van der Waals surface area contributed by atoms with Crippen molar-refractivity contribution in [3.63, 3.8) is 0 Å². The number of nitrogens with one attached hydrogen (secondary N) is 1. The van der Waals surface area contributed by atoms with Crippen molar-refractivity contribution in [1.82, 2.24) is 14.3 Å². The molecule has 0 amide bonds. The van der Waals surface area contributed by atoms with Crippen molar-refractivity contribution in [2.75, 3.05) is 0 Å². The first kappa shape index (κ1) is 15.2. The van der Waals surface area contributed by atoms with Crippen LogP contribution in [-0.4, -0.2) is 29.0 Å². The maximum absolute atomic E-state index is 12.1. The molecule has 0 unspecified atom stereocenters. The number of aromatic carboxylic acids is 1. The summed E-state index contributed by atoms with van der Waals surface area (Å²) < 4.78 is 28.2. The van der Waals surface area contributed by atoms with Gasteiger partial charge in [-0.3, -0.25) is 0 Å². The second-order valence-electron chi connectivity index (χ2n) is 4.57. The Kier molecular flexibility index (Phi) is 4.10. The highest BCUT2D eigenvalue weighted by molar-refractivity contribution is 7.89. The Labute approximate surface area is 122 Å². The van der Waals surface area contributed by atoms with Gasteiger partial charge in [-0.15, -0.1) is 0 Å². The van der Waals surface area contributed by atoms with Gasteiger partial charge in [-0.1, -0.05) is 12.1 Å². The SMILES string of the molecule is Cc1nc(S(=O)(=O)NCc2cccc(C(=O)O)c2)cn1C. The second kappa shape index (κ2) is 5.66. The molecule has 1 aromatic carbocycles. The number of aromatic nitrogens is 2. The second-order valence-corrected chi connectivity index (χ2v) is 6.28. The van der Waals surface area contributed by atoms with Crippen LogP contribution in [0.4, 0.5) is 0 Å². The summed E-state index contributed by atoms with van der Waals surface area (Å²) in [6.07, 6.45) is 1.42. The first-order valence-electron chi connectivity index (χ1n) is 6.11. The Balaban J connectivity index is 2.15. The number of imidazole rings is 1. The van der Waals surface area contributed by atoms with Crippen LogP contribution >= 0.6 is 0 Å². The Hall–Kier alpha value is -2.19. The van der Waals surface area contributed by atoms with Crippen molar-refractivity contribution in [2.45, 2.75) is 18.5 Å². The number of carboxylic acid groups (broad SMARTS) is 1. The first-order chi connectivity index (χ1) is 9.79. The summed E-state index contributed by atoms with van der Waals surface area (Å²) in [5.74, 6) is -0.469. The van der Waals surface area contributed by atoms with Gasteiger partial charge in [-0.2, -0.15) is 0 Å². The molecule has 1 aromatic heterocycles. The first-order valence-corrected chi connectivity index (χ1v) is 7.60. The van der Waals surface area contributed by atoms with Crippen LogP contribution in [0.1, 0.15) is 21.7 Å². The molecule has 0 saturated heterocycles. The zero-order chi connectivity index (χ0) is 15.6. The highest BCUT2D eigenvalue weighted by atomic mass is 32.2. The number of hydrogen-bond acceptors (Lipinski definition) is 4. The fourth-order valence-corrected chi connectivity index (χ4v) is 2.78. The highest BCUT2D eigenvalue weighted by Crippen LogP contribution is 2.10. The molecule has 0 saturated carbocycles. The molecular formula is C13H15N3O4S. The van der Waals surface area contributed by atoms with Gasteiger partial charge in [0.25, 0.3) is 10.0 Å². The minimum absolute atomic E-state index is 0.000917. The fraction of sp³-hybridized carbons (Fsp3) is 0.231. The molecule has 0 radical (unpaired) electrons. The third kappa shape index (κ3) is 3.47. The van der Waals surface area contributed by atoms with Gasteiger partial charge in [0.1, 0.15) is 5.82 Å². The number of rotatable bonds is 5. The standard InChI is InChI=1S/C13H15N3O4S/c1-9-15-12(8-16(9)2)21(19,20)14-7-10-4-3-5-11(6-10)13(17)18/h3-6,8,14H,7H2,1-2H3,(H,17,18). The molecule has 2 N–H and O–H groups in total. The number of aryl methyl sites for hydroxylation is 2. The van der Waals surface area contributed by atoms with Crippen LogP contribution in [0.15, 0.2) is 35.5 Å². The van der Waals surface area contributed by atoms with E-state index >= 15 is 0 Å². The van der Waals surface area contributed by atoms with Gasteiger partial charge < -0.3 is 9.67 Å². The Bertz CT molecular complexity index is 761. The summed E-state index contributed by atoms with van der Waals surface area (Å²) in [7, 11) is -2.02. The molecule has 0 fully saturated rings. The van der Waals surface area contributed by atoms with E-state index in [9.17, 15) is 13.2 Å². The maximum atomic E-state index is 12.1. The van der Waals surface area contributed by atoms with E-state index in [1.807, 2.05) is 0 Å². The Morgan fingerprint density at radius 1 is 1.43 bits per heavy atom. The molecule has 0 bridgehead atoms. The number of carboxylic acids is 1. The molecule has 0 atom stereocenters. The maximum Gasteiger partial charge on any atom is 0.335 e. The fourth-order valence-electron chi connectivity index (χ4n) is 1.72. The zero-order valence-electron chi connectivity index (χ0n) is 11.6. The Morgan fingerprint density at radius 3 is 2.71 bits per heavy atom. The van der Waals surface area contributed by atoms with E-state index in [2.05, 4.69) is 9.71 Å². The highest BCUT2D eigenvalue weighted by Gasteiger charge is 2.18. The van der Waals surface area contributed by atoms with Crippen LogP contribution in [0.3, 0.4) is 0 Å². The molecule has 0 aliphatic heterocycles. The van der Waals surface area contributed by atoms with Crippen molar-refractivity contribution >= 4 is 16.0 Å². The molecule has 8 heteroatoms. The van der Waals surface area contributed by atoms with E-state index < -0.39 is 16.0 Å². The topological polar surface area (TPSA) is 101 Å². The molecule has 2 rings (SSSR count). The molecule has 1 heterocycles. The lowest BCUT2D eigenvalue weighted by Gasteiger charge is -2.05. The predicted molar refractivity (Wildman–Crippen MR) is 75.4 cm³/mol. The van der Waals surface area contributed by atoms with E-state index in [0.717, 1.165) is 0 Å². The van der Waals surface area contributed by atoms with Gasteiger partial charge in [0.15, 0.2) is 5.03 Å². The van der Waals surface area contributed by atoms with E-state index in [1.54, 1.807) is 30.7 Å². The summed E-state index contributed by atoms with van der Waals surface area (Å²) in [5.41, 5.74) is 0.673. The molecule has 21 heavy (non-hydrogen) atoms. The minimum atomic E-state index is -3.72. The van der Waals surface area contributed by atoms with Crippen LogP contribution in [0.2, 0.25) is 0 Å². The van der Waals surface area contributed by atoms with Crippen molar-refractivity contribution < 1.29 is 18.3 Å². The lowest BCUT2D eigenvalue weighted by Crippen LogP contribution is -2.23. The van der Waals surface area contributed by atoms with Crippen LogP contribution < -0.4 is 4.72 Å². The summed E-state index contributed by atoms with van der Waals surface area (Å²) >= 11 is 0. The quantitative estimate of drug-likeness (QED) is 0.854. The average molecular weight is 309 g/mol. The number of sulfonamides is 1. The van der Waals surface area contributed by atoms with Gasteiger partial charge in [0.2, 0.25) is 0 Å². The molecule has 7 nitrogen and oxygen atoms in total. The molecule has 0 spiro atoms. The number of carbonyl (C=O) groups is 1. The van der Waals surface area contributed by atoms with Crippen LogP contribution in [0, 0.1) is 6.92 Å². The van der Waals surface area contributed by atoms with Gasteiger partial charge in [-0.05, 0) is 24.6 Å². The van der Waals surface area contributed by atoms with Crippen molar-refractivity contribution in [2.24, 2.45) is 7.05 Å². The van der Waals surface area contributed by atoms with E-state index in [1.165, 1.54) is 18.3 Å². The lowest BCUT2D eigenvalue weighted by molar-refractivity contribution is 0.0696. The van der Waals surface area contributed by atoms with Gasteiger partial charge in [-0.25, -0.2) is 22.9 Å². The predicted octanol–water partition coefficient (Wildman–Crippen LogP) is 0.905. The zero-order valence-corrected chi connectivity index (χ0v) is 12.4. The average Bonchev–Trinajstić information content (AvgIpc) is 2.78. The molecule has 0 aliphatic rings. The van der Waals surface area contributed by atoms with E-state index in [-0.39, 0.29) is 17.1 Å². The number of hydrogen-bond donors (Lipinski definition) is 2. The Morgan fingerprint density at radius 2 is 2.14 bits per heavy atom. The lowest BCUT2D eigenvalue weighted by atomic mass is 10.1. The van der Waals surface area contributed by atoms with E-state index in [4.69, 9.17) is 5.11 Å². The largest absolute Gasteiger partial charge is 0.478 e. The van der Waals surface area contributed by atoms with Crippen LogP contribution in [0.5, 0.6) is 0 Å². The van der Waals surface area contributed by atoms with Gasteiger partial charge in [0, 0.05) is 19.8 Å². The van der Waals surface area contributed by atoms with E-state index in [0.29, 0.717) is 11.4 Å². The van der Waals surface area contributed by atoms with Crippen molar-refractivity contribution in [3.05, 3.63) is 47.4 Å². The third-order valence-corrected chi connectivity index (χ3v) is 4.27. The van der Waals surface area contributed by atoms with Crippen LogP contribution in [-0.2, 0) is 23.6 Å². The molecule has 0 aliphatic carbocycles. The van der Waals surface area contributed by atoms with Gasteiger partial charge >= 0.3 is 5.97 Å². The summed E-state index contributed by atoms with van der Waals surface area (Å²) in [4.78, 5) is 14.8. The third-order valence-electron chi connectivity index (χ3n) is 3.00. The van der Waals surface area contributed by atoms with Crippen molar-refractivity contribution in [3.8, 4) is 0 Å². The number of benzene rings is 1. The molecular weight excluding hydrogens is 294 g/mol. The monoisotopic (exact) mass is 309 g/mol. The number of nitrogens with zero attached hydrogens (tertiary/aromatic N) is 2. The molecule has 2 aromatic rings. The smallest absolute Gasteiger partial charge is 0.335 e. The minimum Gasteiger partial charge on any atom is -0.478 e. The summed E-state index contributed by atoms with van der Waals surface area (Å²) in [6.45, 7) is 1.70. The molecule has 112 valence electrons.